The third kappa shape index (κ3) is 42.8. The third-order valence-electron chi connectivity index (χ3n) is 23.9. The van der Waals surface area contributed by atoms with E-state index in [2.05, 4.69) is 31.4 Å². The second-order valence-electron chi connectivity index (χ2n) is 35.3. The van der Waals surface area contributed by atoms with Crippen LogP contribution < -0.4 is 10.6 Å². The minimum Gasteiger partial charge on any atom is -0.394 e. The van der Waals surface area contributed by atoms with Crippen LogP contribution in [0.5, 0.6) is 0 Å². The fourth-order valence-corrected chi connectivity index (χ4v) is 16.1. The molecule has 674 valence electrons. The standard InChI is InChI=1S/C88H156N2O26/c1-61-73(114-74(56-91)82(106)79(61)103)37-23-15-21-31-65(94)29-17-13-19-32-67(96)40-49-110-59-88(55-69(98)35-16-11-9-7-8-10-12-22-36-72(100)71-54-70(99)53-64(71)39-43-87(4,5)6,60-111-50-41-68(97)33-20-14-18-30-66(95)34-24-26-47-112-85-62(2)80(104)83(107)75(57-92)115-85)44-52-109-51-42-78(102)90-46-28-45-89-77(101)38-25-27-48-113-86-63(3)81(105)84(108)76(58-93)116-86/h61-64,70-71,73-76,79-86,91-93,99,103-108H,7-60H2,1-6H3,(H,89,101)(H,90,102)/t61?,62?,63?,64-,70-,71?,73?,74?,75?,76?,79?,80?,81?,82?,83?,84?,85?,86?,88?/m1/s1. The average molecular weight is 1660 g/mol. The molecule has 1 saturated carbocycles. The topological polar surface area (TPSA) is 437 Å². The van der Waals surface area contributed by atoms with Gasteiger partial charge in [-0.1, -0.05) is 106 Å². The lowest BCUT2D eigenvalue weighted by Gasteiger charge is -2.41. The molecule has 3 aliphatic heterocycles. The van der Waals surface area contributed by atoms with Crippen molar-refractivity contribution >= 4 is 46.5 Å². The Morgan fingerprint density at radius 2 is 0.750 bits per heavy atom. The lowest BCUT2D eigenvalue weighted by Crippen LogP contribution is -2.55. The van der Waals surface area contributed by atoms with Crippen molar-refractivity contribution in [1.29, 1.82) is 0 Å². The van der Waals surface area contributed by atoms with Gasteiger partial charge >= 0.3 is 0 Å². The van der Waals surface area contributed by atoms with E-state index in [-0.39, 0.29) is 162 Å². The molecule has 17 unspecified atom stereocenters. The van der Waals surface area contributed by atoms with Crippen LogP contribution >= 0.6 is 0 Å². The quantitative estimate of drug-likeness (QED) is 0.0253. The molecule has 0 bridgehead atoms. The Morgan fingerprint density at radius 3 is 1.22 bits per heavy atom. The van der Waals surface area contributed by atoms with Crippen molar-refractivity contribution in [1.82, 2.24) is 10.6 Å². The summed E-state index contributed by atoms with van der Waals surface area (Å²) in [7, 11) is 0. The molecular formula is C88H156N2O26. The van der Waals surface area contributed by atoms with E-state index in [1.165, 1.54) is 0 Å². The third-order valence-corrected chi connectivity index (χ3v) is 23.9. The van der Waals surface area contributed by atoms with Crippen LogP contribution in [0.2, 0.25) is 0 Å². The first kappa shape index (κ1) is 105. The Bertz CT molecular complexity index is 2630. The highest BCUT2D eigenvalue weighted by molar-refractivity contribution is 5.82. The number of nitrogens with one attached hydrogen (secondary N) is 2. The number of carbonyl (C=O) groups excluding carboxylic acids is 8. The van der Waals surface area contributed by atoms with Crippen molar-refractivity contribution in [3.63, 3.8) is 0 Å². The fourth-order valence-electron chi connectivity index (χ4n) is 16.1. The number of hydrogen-bond donors (Lipinski definition) is 12. The molecular weight excluding hydrogens is 1500 g/mol. The van der Waals surface area contributed by atoms with E-state index >= 15 is 0 Å². The van der Waals surface area contributed by atoms with Crippen molar-refractivity contribution in [2.45, 2.75) is 385 Å². The Hall–Kier alpha value is -3.76. The number of Topliss-reactive ketones (excluding diaryl/α,β-unsaturated/α-hetero) is 6. The zero-order chi connectivity index (χ0) is 85.3. The Labute approximate surface area is 692 Å². The Kier molecular flexibility index (Phi) is 54.0. The van der Waals surface area contributed by atoms with Gasteiger partial charge in [-0.05, 0) is 127 Å². The maximum Gasteiger partial charge on any atom is 0.222 e. The highest BCUT2D eigenvalue weighted by Gasteiger charge is 2.45. The van der Waals surface area contributed by atoms with Crippen LogP contribution in [-0.2, 0) is 76.3 Å². The van der Waals surface area contributed by atoms with Gasteiger partial charge in [-0.25, -0.2) is 0 Å². The predicted octanol–water partition coefficient (Wildman–Crippen LogP) is 8.62. The summed E-state index contributed by atoms with van der Waals surface area (Å²) in [6.45, 7) is 12.2. The van der Waals surface area contributed by atoms with Crippen LogP contribution in [0.4, 0.5) is 0 Å². The van der Waals surface area contributed by atoms with Crippen LogP contribution in [-0.4, -0.2) is 263 Å². The van der Waals surface area contributed by atoms with E-state index in [4.69, 9.17) is 37.9 Å². The second kappa shape index (κ2) is 59.9. The monoisotopic (exact) mass is 1660 g/mol. The maximum absolute atomic E-state index is 14.2. The smallest absolute Gasteiger partial charge is 0.222 e. The summed E-state index contributed by atoms with van der Waals surface area (Å²) in [6.07, 6.45) is 12.6. The Morgan fingerprint density at radius 1 is 0.362 bits per heavy atom. The molecule has 4 aliphatic rings. The number of aliphatic hydroxyl groups excluding tert-OH is 10. The SMILES string of the molecule is CC1C(CCCCCC(=O)CCCCCC(=O)CCOCC(CCOCCC(=O)NCCCNC(=O)CCCCOC2OC(CO)C(O)C(O)C2C)(COCCC(=O)CCCCCC(=O)CCCCOC2OC(CO)C(O)C(O)C2C)CC(=O)CCCCCCCCCCC(=O)C2C[C@H](O)C[C@H]2CCC(C)(C)C)OC(CO)C(O)C1O. The molecule has 0 spiro atoms. The van der Waals surface area contributed by atoms with E-state index in [9.17, 15) is 89.4 Å². The molecule has 0 aromatic heterocycles. The van der Waals surface area contributed by atoms with E-state index in [1.807, 2.05) is 6.92 Å². The molecule has 12 N–H and O–H groups in total. The molecule has 28 nitrogen and oxygen atoms in total. The molecule has 4 rings (SSSR count). The molecule has 1 aliphatic carbocycles. The lowest BCUT2D eigenvalue weighted by atomic mass is 9.80. The summed E-state index contributed by atoms with van der Waals surface area (Å²) in [4.78, 5) is 105. The first-order valence-electron chi connectivity index (χ1n) is 44.7. The van der Waals surface area contributed by atoms with Gasteiger partial charge in [-0.15, -0.1) is 0 Å². The van der Waals surface area contributed by atoms with E-state index in [0.29, 0.717) is 173 Å². The van der Waals surface area contributed by atoms with Crippen LogP contribution in [0.25, 0.3) is 0 Å². The van der Waals surface area contributed by atoms with E-state index in [1.54, 1.807) is 13.8 Å². The number of hydrogen-bond acceptors (Lipinski definition) is 26. The highest BCUT2D eigenvalue weighted by Crippen LogP contribution is 2.40. The minimum absolute atomic E-state index is 0.00156. The van der Waals surface area contributed by atoms with Gasteiger partial charge in [-0.3, -0.25) is 38.4 Å². The average Bonchev–Trinajstić information content (AvgIpc) is 1.08. The number of ether oxygens (including phenoxy) is 8. The number of carbonyl (C=O) groups is 8. The molecule has 2 amide bonds. The number of unbranched alkanes of at least 4 members (excludes halogenated alkanes) is 15. The van der Waals surface area contributed by atoms with Crippen molar-refractivity contribution in [3.05, 3.63) is 0 Å². The van der Waals surface area contributed by atoms with Crippen LogP contribution in [0.3, 0.4) is 0 Å². The van der Waals surface area contributed by atoms with Gasteiger partial charge in [0.15, 0.2) is 12.6 Å². The summed E-state index contributed by atoms with van der Waals surface area (Å²) in [5.41, 5.74) is -0.741. The summed E-state index contributed by atoms with van der Waals surface area (Å²) >= 11 is 0. The molecule has 3 saturated heterocycles. The van der Waals surface area contributed by atoms with Crippen LogP contribution in [0.1, 0.15) is 305 Å². The molecule has 0 aromatic rings. The van der Waals surface area contributed by atoms with Crippen LogP contribution in [0, 0.1) is 40.4 Å². The van der Waals surface area contributed by atoms with Crippen molar-refractivity contribution < 1.29 is 127 Å². The minimum atomic E-state index is -1.22. The summed E-state index contributed by atoms with van der Waals surface area (Å²) in [6, 6.07) is 0. The maximum atomic E-state index is 14.2. The largest absolute Gasteiger partial charge is 0.394 e. The van der Waals surface area contributed by atoms with Gasteiger partial charge in [0.05, 0.1) is 83.4 Å². The van der Waals surface area contributed by atoms with Gasteiger partial charge in [0, 0.05) is 145 Å². The molecule has 0 aromatic carbocycles. The number of ketones is 6. The summed E-state index contributed by atoms with van der Waals surface area (Å²) in [5.74, 6) is -0.901. The molecule has 116 heavy (non-hydrogen) atoms. The molecule has 19 atom stereocenters. The number of rotatable bonds is 69. The summed E-state index contributed by atoms with van der Waals surface area (Å²) < 4.78 is 47.3. The van der Waals surface area contributed by atoms with Gasteiger partial charge in [0.2, 0.25) is 11.8 Å². The normalized spacial score (nSPS) is 26.9. The summed E-state index contributed by atoms with van der Waals surface area (Å²) in [5, 5.41) is 106. The van der Waals surface area contributed by atoms with Gasteiger partial charge in [-0.2, -0.15) is 0 Å². The Balaban J connectivity index is 1.27. The fraction of sp³-hybridized carbons (Fsp3) is 0.909. The first-order chi connectivity index (χ1) is 55.5. The first-order valence-corrected chi connectivity index (χ1v) is 44.7. The van der Waals surface area contributed by atoms with E-state index in [0.717, 1.165) is 77.0 Å². The van der Waals surface area contributed by atoms with Crippen molar-refractivity contribution in [2.75, 3.05) is 85.8 Å². The number of amides is 2. The molecule has 0 radical (unpaired) electrons. The molecule has 4 fully saturated rings. The van der Waals surface area contributed by atoms with Crippen LogP contribution in [0.15, 0.2) is 0 Å². The second-order valence-corrected chi connectivity index (χ2v) is 35.3. The molecule has 3 heterocycles. The zero-order valence-electron chi connectivity index (χ0n) is 71.6. The van der Waals surface area contributed by atoms with Gasteiger partial charge in [0.25, 0.3) is 0 Å². The highest BCUT2D eigenvalue weighted by atomic mass is 16.7. The zero-order valence-corrected chi connectivity index (χ0v) is 71.6. The van der Waals surface area contributed by atoms with Gasteiger partial charge < -0.3 is 99.6 Å². The number of aliphatic hydroxyl groups is 10. The predicted molar refractivity (Wildman–Crippen MR) is 435 cm³/mol. The van der Waals surface area contributed by atoms with E-state index < -0.39 is 104 Å². The van der Waals surface area contributed by atoms with Gasteiger partial charge in [0.1, 0.15) is 71.3 Å². The lowest BCUT2D eigenvalue weighted by molar-refractivity contribution is -0.282. The van der Waals surface area contributed by atoms with Crippen molar-refractivity contribution in [2.24, 2.45) is 40.4 Å². The molecule has 28 heteroatoms. The van der Waals surface area contributed by atoms with Crippen molar-refractivity contribution in [3.8, 4) is 0 Å².